The van der Waals surface area contributed by atoms with E-state index in [-0.39, 0.29) is 5.41 Å². The van der Waals surface area contributed by atoms with Crippen molar-refractivity contribution in [3.8, 4) is 0 Å². The molecular formula is C13H20O. The van der Waals surface area contributed by atoms with Gasteiger partial charge in [-0.05, 0) is 26.2 Å². The lowest BCUT2D eigenvalue weighted by Crippen LogP contribution is -2.20. The number of hydrogen-bond acceptors (Lipinski definition) is 1. The van der Waals surface area contributed by atoms with E-state index in [4.69, 9.17) is 4.74 Å². The third-order valence-corrected chi connectivity index (χ3v) is 2.49. The van der Waals surface area contributed by atoms with Crippen LogP contribution in [0.25, 0.3) is 0 Å². The van der Waals surface area contributed by atoms with Crippen LogP contribution in [0.2, 0.25) is 0 Å². The summed E-state index contributed by atoms with van der Waals surface area (Å²) in [6.45, 7) is 8.64. The molecule has 1 unspecified atom stereocenters. The Hall–Kier alpha value is -0.980. The molecule has 0 aromatic carbocycles. The summed E-state index contributed by atoms with van der Waals surface area (Å²) in [4.78, 5) is 0. The minimum atomic E-state index is 0.170. The van der Waals surface area contributed by atoms with Gasteiger partial charge in [0.25, 0.3) is 0 Å². The topological polar surface area (TPSA) is 9.23 Å². The second kappa shape index (κ2) is 5.04. The van der Waals surface area contributed by atoms with Gasteiger partial charge >= 0.3 is 0 Å². The van der Waals surface area contributed by atoms with Gasteiger partial charge in [0.05, 0.1) is 12.4 Å². The van der Waals surface area contributed by atoms with Gasteiger partial charge in [-0.2, -0.15) is 0 Å². The minimum absolute atomic E-state index is 0.170. The molecule has 1 rings (SSSR count). The summed E-state index contributed by atoms with van der Waals surface area (Å²) in [6.07, 6.45) is 12.3. The maximum absolute atomic E-state index is 5.51. The average molecular weight is 192 g/mol. The fraction of sp³-hybridized carbons (Fsp3) is 0.538. The van der Waals surface area contributed by atoms with Crippen molar-refractivity contribution in [1.82, 2.24) is 0 Å². The predicted octanol–water partition coefficient (Wildman–Crippen LogP) is 3.84. The predicted molar refractivity (Wildman–Crippen MR) is 61.0 cm³/mol. The molecule has 0 aliphatic heterocycles. The number of hydrogen-bond donors (Lipinski definition) is 0. The summed E-state index contributed by atoms with van der Waals surface area (Å²) in [7, 11) is 0. The molecule has 1 atom stereocenters. The lowest BCUT2D eigenvalue weighted by Gasteiger charge is -2.26. The van der Waals surface area contributed by atoms with Crippen LogP contribution in [0.15, 0.2) is 36.6 Å². The Labute approximate surface area is 87.2 Å². The molecule has 1 heteroatoms. The lowest BCUT2D eigenvalue weighted by molar-refractivity contribution is 0.130. The quantitative estimate of drug-likeness (QED) is 0.487. The van der Waals surface area contributed by atoms with Crippen molar-refractivity contribution in [3.05, 3.63) is 36.6 Å². The van der Waals surface area contributed by atoms with Gasteiger partial charge in [0.15, 0.2) is 0 Å². The molecular weight excluding hydrogens is 172 g/mol. The molecule has 14 heavy (non-hydrogen) atoms. The van der Waals surface area contributed by atoms with Gasteiger partial charge in [-0.25, -0.2) is 0 Å². The van der Waals surface area contributed by atoms with E-state index in [1.54, 1.807) is 0 Å². The van der Waals surface area contributed by atoms with E-state index in [1.165, 1.54) is 0 Å². The second-order valence-electron chi connectivity index (χ2n) is 4.29. The Morgan fingerprint density at radius 3 is 2.93 bits per heavy atom. The van der Waals surface area contributed by atoms with E-state index in [0.29, 0.717) is 0 Å². The van der Waals surface area contributed by atoms with Gasteiger partial charge in [-0.3, -0.25) is 0 Å². The fourth-order valence-corrected chi connectivity index (χ4v) is 1.55. The molecule has 0 saturated heterocycles. The van der Waals surface area contributed by atoms with Gasteiger partial charge in [0, 0.05) is 5.41 Å². The molecule has 0 fully saturated rings. The molecule has 0 N–H and O–H groups in total. The van der Waals surface area contributed by atoms with Crippen molar-refractivity contribution in [2.45, 2.75) is 33.1 Å². The van der Waals surface area contributed by atoms with Crippen molar-refractivity contribution >= 4 is 0 Å². The van der Waals surface area contributed by atoms with Crippen LogP contribution in [-0.4, -0.2) is 6.61 Å². The number of allylic oxidation sites excluding steroid dienone is 4. The van der Waals surface area contributed by atoms with Crippen molar-refractivity contribution in [3.63, 3.8) is 0 Å². The lowest BCUT2D eigenvalue weighted by atomic mass is 9.84. The Bertz CT molecular complexity index is 250. The first-order valence-electron chi connectivity index (χ1n) is 5.23. The van der Waals surface area contributed by atoms with E-state index < -0.39 is 0 Å². The van der Waals surface area contributed by atoms with Crippen LogP contribution >= 0.6 is 0 Å². The monoisotopic (exact) mass is 192 g/mol. The van der Waals surface area contributed by atoms with Crippen molar-refractivity contribution in [2.24, 2.45) is 5.41 Å². The zero-order valence-corrected chi connectivity index (χ0v) is 9.25. The zero-order valence-electron chi connectivity index (χ0n) is 9.25. The third-order valence-electron chi connectivity index (χ3n) is 2.49. The Balaban J connectivity index is 2.52. The second-order valence-corrected chi connectivity index (χ2v) is 4.29. The summed E-state index contributed by atoms with van der Waals surface area (Å²) in [6, 6.07) is 0. The van der Waals surface area contributed by atoms with Crippen molar-refractivity contribution in [1.29, 1.82) is 0 Å². The molecule has 0 heterocycles. The fourth-order valence-electron chi connectivity index (χ4n) is 1.55. The molecule has 0 aromatic rings. The molecule has 0 bridgehead atoms. The first kappa shape index (κ1) is 11.1. The summed E-state index contributed by atoms with van der Waals surface area (Å²) < 4.78 is 5.51. The molecule has 0 radical (unpaired) electrons. The normalized spacial score (nSPS) is 26.7. The molecule has 78 valence electrons. The summed E-state index contributed by atoms with van der Waals surface area (Å²) >= 11 is 0. The molecule has 1 nitrogen and oxygen atoms in total. The Kier molecular flexibility index (Phi) is 3.99. The van der Waals surface area contributed by atoms with Crippen LogP contribution in [-0.2, 0) is 4.74 Å². The van der Waals surface area contributed by atoms with Crippen LogP contribution in [0.5, 0.6) is 0 Å². The van der Waals surface area contributed by atoms with E-state index in [0.717, 1.165) is 31.6 Å². The Morgan fingerprint density at radius 2 is 2.21 bits per heavy atom. The van der Waals surface area contributed by atoms with Crippen molar-refractivity contribution in [2.75, 3.05) is 6.61 Å². The van der Waals surface area contributed by atoms with Crippen LogP contribution < -0.4 is 0 Å². The number of rotatable bonds is 3. The number of ether oxygens (including phenoxy) is 1. The van der Waals surface area contributed by atoms with Gasteiger partial charge in [0.1, 0.15) is 0 Å². The van der Waals surface area contributed by atoms with Gasteiger partial charge in [0.2, 0.25) is 0 Å². The standard InChI is InChI=1S/C13H20O/c1-12(2)14-11-13(3)9-7-5-4-6-8-10-13/h4-5,8,10H,1,6-7,9,11H2,2-3H3. The summed E-state index contributed by atoms with van der Waals surface area (Å²) in [5, 5.41) is 0. The summed E-state index contributed by atoms with van der Waals surface area (Å²) in [5.74, 6) is 0.803. The zero-order chi connectivity index (χ0) is 10.4. The molecule has 1 aliphatic rings. The molecule has 1 aliphatic carbocycles. The maximum atomic E-state index is 5.51. The Morgan fingerprint density at radius 1 is 1.43 bits per heavy atom. The first-order valence-corrected chi connectivity index (χ1v) is 5.23. The van der Waals surface area contributed by atoms with Crippen LogP contribution in [0, 0.1) is 5.41 Å². The maximum Gasteiger partial charge on any atom is 0.0964 e. The molecule has 0 spiro atoms. The third kappa shape index (κ3) is 3.82. The van der Waals surface area contributed by atoms with E-state index in [2.05, 4.69) is 37.8 Å². The van der Waals surface area contributed by atoms with E-state index in [1.807, 2.05) is 6.92 Å². The van der Waals surface area contributed by atoms with Gasteiger partial charge in [-0.1, -0.05) is 37.8 Å². The van der Waals surface area contributed by atoms with Crippen molar-refractivity contribution < 1.29 is 4.74 Å². The van der Waals surface area contributed by atoms with Crippen LogP contribution in [0.1, 0.15) is 33.1 Å². The highest BCUT2D eigenvalue weighted by molar-refractivity contribution is 5.05. The van der Waals surface area contributed by atoms with Gasteiger partial charge in [-0.15, -0.1) is 0 Å². The van der Waals surface area contributed by atoms with E-state index >= 15 is 0 Å². The average Bonchev–Trinajstić information content (AvgIpc) is 2.09. The molecule has 0 saturated carbocycles. The van der Waals surface area contributed by atoms with Gasteiger partial charge < -0.3 is 4.74 Å². The largest absolute Gasteiger partial charge is 0.498 e. The van der Waals surface area contributed by atoms with E-state index in [9.17, 15) is 0 Å². The highest BCUT2D eigenvalue weighted by Crippen LogP contribution is 2.28. The molecule has 0 amide bonds. The smallest absolute Gasteiger partial charge is 0.0964 e. The summed E-state index contributed by atoms with van der Waals surface area (Å²) in [5.41, 5.74) is 0.170. The van der Waals surface area contributed by atoms with Crippen LogP contribution in [0.3, 0.4) is 0 Å². The van der Waals surface area contributed by atoms with Crippen LogP contribution in [0.4, 0.5) is 0 Å². The highest BCUT2D eigenvalue weighted by Gasteiger charge is 2.21. The molecule has 0 aromatic heterocycles. The first-order chi connectivity index (χ1) is 6.62. The highest BCUT2D eigenvalue weighted by atomic mass is 16.5. The SMILES string of the molecule is C=C(C)OCC1(C)C=CCC=CCC1. The minimum Gasteiger partial charge on any atom is -0.498 e.